The minimum atomic E-state index is -3.73. The molecule has 2 rings (SSSR count). The van der Waals surface area contributed by atoms with E-state index in [-0.39, 0.29) is 24.8 Å². The van der Waals surface area contributed by atoms with Crippen LogP contribution in [-0.4, -0.2) is 44.4 Å². The van der Waals surface area contributed by atoms with Crippen molar-refractivity contribution in [2.75, 3.05) is 13.7 Å². The third-order valence-electron chi connectivity index (χ3n) is 3.50. The molecule has 2 atom stereocenters. The van der Waals surface area contributed by atoms with Gasteiger partial charge in [-0.05, 0) is 17.7 Å². The van der Waals surface area contributed by atoms with E-state index in [1.54, 1.807) is 0 Å². The second-order valence-corrected chi connectivity index (χ2v) is 6.89. The molecular formula is C13H17FN2O4S. The molecule has 0 unspecified atom stereocenters. The number of halogens is 1. The van der Waals surface area contributed by atoms with E-state index in [9.17, 15) is 17.6 Å². The lowest BCUT2D eigenvalue weighted by atomic mass is 10.2. The van der Waals surface area contributed by atoms with Crippen molar-refractivity contribution in [3.05, 3.63) is 35.6 Å². The van der Waals surface area contributed by atoms with E-state index in [4.69, 9.17) is 10.5 Å². The maximum atomic E-state index is 12.8. The summed E-state index contributed by atoms with van der Waals surface area (Å²) in [5.74, 6) is -1.45. The first-order valence-electron chi connectivity index (χ1n) is 6.39. The van der Waals surface area contributed by atoms with E-state index in [2.05, 4.69) is 0 Å². The lowest BCUT2D eigenvalue weighted by Gasteiger charge is -2.21. The highest BCUT2D eigenvalue weighted by atomic mass is 32.2. The van der Waals surface area contributed by atoms with E-state index in [1.807, 2.05) is 0 Å². The third-order valence-corrected chi connectivity index (χ3v) is 5.32. The lowest BCUT2D eigenvalue weighted by molar-refractivity contribution is -0.121. The molecule has 0 aliphatic carbocycles. The normalized spacial score (nSPS) is 23.3. The first kappa shape index (κ1) is 15.9. The van der Waals surface area contributed by atoms with Crippen LogP contribution in [0.15, 0.2) is 24.3 Å². The molecule has 1 heterocycles. The number of sulfonamides is 1. The van der Waals surface area contributed by atoms with Crippen molar-refractivity contribution in [1.82, 2.24) is 4.31 Å². The van der Waals surface area contributed by atoms with E-state index in [0.29, 0.717) is 5.56 Å². The molecule has 1 amide bonds. The van der Waals surface area contributed by atoms with Crippen LogP contribution in [0.1, 0.15) is 12.0 Å². The number of primary amides is 1. The highest BCUT2D eigenvalue weighted by Gasteiger charge is 2.42. The second kappa shape index (κ2) is 6.08. The smallest absolute Gasteiger partial charge is 0.235 e. The first-order chi connectivity index (χ1) is 9.83. The molecule has 0 aromatic heterocycles. The van der Waals surface area contributed by atoms with E-state index >= 15 is 0 Å². The van der Waals surface area contributed by atoms with Crippen LogP contribution in [0.4, 0.5) is 4.39 Å². The fraction of sp³-hybridized carbons (Fsp3) is 0.462. The molecule has 0 radical (unpaired) electrons. The van der Waals surface area contributed by atoms with Crippen molar-refractivity contribution in [2.24, 2.45) is 5.73 Å². The van der Waals surface area contributed by atoms with Gasteiger partial charge in [-0.25, -0.2) is 12.8 Å². The molecule has 2 N–H and O–H groups in total. The number of methoxy groups -OCH3 is 1. The van der Waals surface area contributed by atoms with Crippen LogP contribution < -0.4 is 5.73 Å². The van der Waals surface area contributed by atoms with Gasteiger partial charge >= 0.3 is 0 Å². The fourth-order valence-corrected chi connectivity index (χ4v) is 4.13. The van der Waals surface area contributed by atoms with Crippen LogP contribution in [0.3, 0.4) is 0 Å². The van der Waals surface area contributed by atoms with Gasteiger partial charge in [-0.2, -0.15) is 4.31 Å². The van der Waals surface area contributed by atoms with Crippen LogP contribution in [0.2, 0.25) is 0 Å². The van der Waals surface area contributed by atoms with Gasteiger partial charge in [-0.15, -0.1) is 0 Å². The van der Waals surface area contributed by atoms with Gasteiger partial charge in [0.25, 0.3) is 0 Å². The predicted molar refractivity (Wildman–Crippen MR) is 74.1 cm³/mol. The predicted octanol–water partition coefficient (Wildman–Crippen LogP) is 0.230. The molecular weight excluding hydrogens is 299 g/mol. The Morgan fingerprint density at radius 1 is 1.43 bits per heavy atom. The zero-order valence-electron chi connectivity index (χ0n) is 11.5. The van der Waals surface area contributed by atoms with E-state index < -0.39 is 27.8 Å². The van der Waals surface area contributed by atoms with Gasteiger partial charge in [0.1, 0.15) is 11.9 Å². The van der Waals surface area contributed by atoms with Gasteiger partial charge in [0.05, 0.1) is 11.9 Å². The minimum Gasteiger partial charge on any atom is -0.380 e. The Balaban J connectivity index is 2.21. The Kier molecular flexibility index (Phi) is 4.60. The average Bonchev–Trinajstić information content (AvgIpc) is 2.86. The van der Waals surface area contributed by atoms with Crippen LogP contribution in [0, 0.1) is 5.82 Å². The highest BCUT2D eigenvalue weighted by Crippen LogP contribution is 2.25. The van der Waals surface area contributed by atoms with Crippen molar-refractivity contribution < 1.29 is 22.3 Å². The maximum Gasteiger partial charge on any atom is 0.235 e. The zero-order chi connectivity index (χ0) is 15.6. The largest absolute Gasteiger partial charge is 0.380 e. The third kappa shape index (κ3) is 3.58. The van der Waals surface area contributed by atoms with Crippen molar-refractivity contribution in [3.8, 4) is 0 Å². The topological polar surface area (TPSA) is 89.7 Å². The monoisotopic (exact) mass is 316 g/mol. The van der Waals surface area contributed by atoms with Crippen molar-refractivity contribution in [3.63, 3.8) is 0 Å². The van der Waals surface area contributed by atoms with Crippen LogP contribution in [-0.2, 0) is 25.3 Å². The molecule has 1 saturated heterocycles. The van der Waals surface area contributed by atoms with Gasteiger partial charge in [0.2, 0.25) is 15.9 Å². The summed E-state index contributed by atoms with van der Waals surface area (Å²) in [6.45, 7) is 0.0909. The SMILES string of the molecule is CO[C@H]1C[C@@H](C(N)=O)N(S(=O)(=O)Cc2ccc(F)cc2)C1. The summed E-state index contributed by atoms with van der Waals surface area (Å²) >= 11 is 0. The van der Waals surface area contributed by atoms with E-state index in [0.717, 1.165) is 4.31 Å². The van der Waals surface area contributed by atoms with Gasteiger partial charge in [0, 0.05) is 20.1 Å². The number of hydrogen-bond donors (Lipinski definition) is 1. The fourth-order valence-electron chi connectivity index (χ4n) is 2.38. The number of benzene rings is 1. The Morgan fingerprint density at radius 2 is 2.05 bits per heavy atom. The summed E-state index contributed by atoms with van der Waals surface area (Å²) in [5, 5.41) is 0. The number of hydrogen-bond acceptors (Lipinski definition) is 4. The van der Waals surface area contributed by atoms with Gasteiger partial charge < -0.3 is 10.5 Å². The summed E-state index contributed by atoms with van der Waals surface area (Å²) in [7, 11) is -2.28. The molecule has 6 nitrogen and oxygen atoms in total. The van der Waals surface area contributed by atoms with Crippen LogP contribution >= 0.6 is 0 Å². The van der Waals surface area contributed by atoms with Gasteiger partial charge in [-0.1, -0.05) is 12.1 Å². The van der Waals surface area contributed by atoms with Crippen molar-refractivity contribution >= 4 is 15.9 Å². The standard InChI is InChI=1S/C13H17FN2O4S/c1-20-11-6-12(13(15)17)16(7-11)21(18,19)8-9-2-4-10(14)5-3-9/h2-5,11-12H,6-8H2,1H3,(H2,15,17)/t11-,12-/m0/s1. The molecule has 1 aromatic rings. The van der Waals surface area contributed by atoms with Gasteiger partial charge in [-0.3, -0.25) is 4.79 Å². The Hall–Kier alpha value is -1.51. The number of carbonyl (C=O) groups excluding carboxylic acids is 1. The quantitative estimate of drug-likeness (QED) is 0.842. The molecule has 8 heteroatoms. The molecule has 21 heavy (non-hydrogen) atoms. The summed E-state index contributed by atoms with van der Waals surface area (Å²) < 4.78 is 43.9. The van der Waals surface area contributed by atoms with E-state index in [1.165, 1.54) is 31.4 Å². The number of nitrogens with two attached hydrogens (primary N) is 1. The molecule has 1 aromatic carbocycles. The second-order valence-electron chi connectivity index (χ2n) is 4.96. The van der Waals surface area contributed by atoms with Crippen LogP contribution in [0.5, 0.6) is 0 Å². The summed E-state index contributed by atoms with van der Waals surface area (Å²) in [5.41, 5.74) is 5.71. The van der Waals surface area contributed by atoms with Crippen molar-refractivity contribution in [2.45, 2.75) is 24.3 Å². The van der Waals surface area contributed by atoms with Crippen molar-refractivity contribution in [1.29, 1.82) is 0 Å². The zero-order valence-corrected chi connectivity index (χ0v) is 12.3. The molecule has 0 saturated carbocycles. The average molecular weight is 316 g/mol. The molecule has 0 spiro atoms. The Labute approximate surface area is 122 Å². The molecule has 0 bridgehead atoms. The lowest BCUT2D eigenvalue weighted by Crippen LogP contribution is -2.44. The summed E-state index contributed by atoms with van der Waals surface area (Å²) in [6, 6.07) is 4.28. The number of rotatable bonds is 5. The molecule has 1 aliphatic heterocycles. The molecule has 1 fully saturated rings. The number of ether oxygens (including phenoxy) is 1. The summed E-state index contributed by atoms with van der Waals surface area (Å²) in [6.07, 6.45) is -0.112. The number of amides is 1. The summed E-state index contributed by atoms with van der Waals surface area (Å²) in [4.78, 5) is 11.4. The maximum absolute atomic E-state index is 12.8. The number of nitrogens with zero attached hydrogens (tertiary/aromatic N) is 1. The molecule has 1 aliphatic rings. The first-order valence-corrected chi connectivity index (χ1v) is 8.00. The Morgan fingerprint density at radius 3 is 2.57 bits per heavy atom. The van der Waals surface area contributed by atoms with Gasteiger partial charge in [0.15, 0.2) is 0 Å². The molecule has 116 valence electrons. The minimum absolute atomic E-state index is 0.0909. The van der Waals surface area contributed by atoms with Crippen LogP contribution in [0.25, 0.3) is 0 Å². The highest BCUT2D eigenvalue weighted by molar-refractivity contribution is 7.88. The number of carbonyl (C=O) groups is 1. The Bertz CT molecular complexity index is 618.